The zero-order valence-electron chi connectivity index (χ0n) is 12.8. The third-order valence-electron chi connectivity index (χ3n) is 4.82. The number of para-hydroxylation sites is 1. The largest absolute Gasteiger partial charge is 0.387 e. The first kappa shape index (κ1) is 14.1. The van der Waals surface area contributed by atoms with Gasteiger partial charge in [0.1, 0.15) is 0 Å². The Bertz CT molecular complexity index is 664. The Hall–Kier alpha value is -1.88. The van der Waals surface area contributed by atoms with Crippen LogP contribution >= 0.6 is 0 Å². The number of nitrogens with two attached hydrogens (primary N) is 1. The molecule has 0 spiro atoms. The van der Waals surface area contributed by atoms with Gasteiger partial charge in [-0.2, -0.15) is 5.10 Å². The molecule has 1 aliphatic heterocycles. The van der Waals surface area contributed by atoms with Crippen molar-refractivity contribution in [3.8, 4) is 0 Å². The second-order valence-corrected chi connectivity index (χ2v) is 6.34. The molecule has 3 N–H and O–H groups in total. The van der Waals surface area contributed by atoms with Gasteiger partial charge in [-0.3, -0.25) is 15.0 Å². The average Bonchev–Trinajstić information content (AvgIpc) is 2.79. The Labute approximate surface area is 125 Å². The summed E-state index contributed by atoms with van der Waals surface area (Å²) in [5.74, 6) is 0.324. The molecule has 1 fully saturated rings. The van der Waals surface area contributed by atoms with Gasteiger partial charge in [0.2, 0.25) is 0 Å². The highest BCUT2D eigenvalue weighted by atomic mass is 15.3. The van der Waals surface area contributed by atoms with E-state index in [1.165, 1.54) is 10.9 Å². The van der Waals surface area contributed by atoms with E-state index in [1.807, 2.05) is 17.8 Å². The fraction of sp³-hybridized carbons (Fsp3) is 0.500. The van der Waals surface area contributed by atoms with Crippen LogP contribution in [0.2, 0.25) is 0 Å². The Morgan fingerprint density at radius 1 is 1.33 bits per heavy atom. The summed E-state index contributed by atoms with van der Waals surface area (Å²) in [6, 6.07) is 8.36. The highest BCUT2D eigenvalue weighted by Crippen LogP contribution is 2.31. The van der Waals surface area contributed by atoms with Gasteiger partial charge in [0.05, 0.1) is 17.0 Å². The van der Waals surface area contributed by atoms with Crippen molar-refractivity contribution < 1.29 is 0 Å². The lowest BCUT2D eigenvalue weighted by Gasteiger charge is -2.38. The summed E-state index contributed by atoms with van der Waals surface area (Å²) < 4.78 is 1.95. The highest BCUT2D eigenvalue weighted by Gasteiger charge is 2.33. The minimum absolute atomic E-state index is 0.122. The molecule has 1 saturated heterocycles. The summed E-state index contributed by atoms with van der Waals surface area (Å²) in [7, 11) is 1.99. The van der Waals surface area contributed by atoms with Crippen LogP contribution in [0.25, 0.3) is 10.9 Å². The van der Waals surface area contributed by atoms with E-state index in [9.17, 15) is 0 Å². The van der Waals surface area contributed by atoms with E-state index in [2.05, 4.69) is 35.1 Å². The van der Waals surface area contributed by atoms with E-state index in [1.54, 1.807) is 0 Å². The zero-order chi connectivity index (χ0) is 15.0. The second-order valence-electron chi connectivity index (χ2n) is 6.34. The summed E-state index contributed by atoms with van der Waals surface area (Å²) in [5, 5.41) is 13.6. The molecule has 1 aromatic carbocycles. The van der Waals surface area contributed by atoms with Crippen LogP contribution in [0.5, 0.6) is 0 Å². The third kappa shape index (κ3) is 2.53. The van der Waals surface area contributed by atoms with Crippen LogP contribution < -0.4 is 5.73 Å². The molecular formula is C16H23N5. The number of hydrogen-bond acceptors (Lipinski definition) is 3. The first-order chi connectivity index (χ1) is 9.99. The van der Waals surface area contributed by atoms with Crippen LogP contribution in [0.3, 0.4) is 0 Å². The molecule has 0 saturated carbocycles. The highest BCUT2D eigenvalue weighted by molar-refractivity contribution is 5.83. The van der Waals surface area contributed by atoms with Crippen molar-refractivity contribution >= 4 is 16.7 Å². The summed E-state index contributed by atoms with van der Waals surface area (Å²) in [5.41, 5.74) is 7.92. The first-order valence-corrected chi connectivity index (χ1v) is 7.47. The molecule has 5 heteroatoms. The number of nitrogens with zero attached hydrogens (tertiary/aromatic N) is 3. The number of nitrogens with one attached hydrogen (secondary N) is 1. The van der Waals surface area contributed by atoms with Crippen molar-refractivity contribution in [2.45, 2.75) is 26.3 Å². The molecule has 112 valence electrons. The molecular weight excluding hydrogens is 262 g/mol. The van der Waals surface area contributed by atoms with E-state index in [4.69, 9.17) is 11.1 Å². The van der Waals surface area contributed by atoms with Crippen LogP contribution in [0.15, 0.2) is 24.3 Å². The van der Waals surface area contributed by atoms with E-state index in [-0.39, 0.29) is 5.41 Å². The molecule has 0 amide bonds. The van der Waals surface area contributed by atoms with Crippen molar-refractivity contribution in [2.75, 3.05) is 13.1 Å². The molecule has 0 aliphatic carbocycles. The van der Waals surface area contributed by atoms with Crippen LogP contribution in [0, 0.1) is 10.8 Å². The number of aryl methyl sites for hydroxylation is 1. The maximum atomic E-state index is 7.73. The Kier molecular flexibility index (Phi) is 3.45. The minimum atomic E-state index is -0.122. The van der Waals surface area contributed by atoms with Crippen molar-refractivity contribution in [3.63, 3.8) is 0 Å². The molecule has 3 rings (SSSR count). The molecule has 0 unspecified atom stereocenters. The van der Waals surface area contributed by atoms with Gasteiger partial charge in [0.25, 0.3) is 0 Å². The lowest BCUT2D eigenvalue weighted by atomic mass is 9.79. The van der Waals surface area contributed by atoms with Gasteiger partial charge in [0.15, 0.2) is 0 Å². The molecule has 2 heterocycles. The molecule has 0 bridgehead atoms. The molecule has 2 aromatic rings. The summed E-state index contributed by atoms with van der Waals surface area (Å²) in [6.07, 6.45) is 1.90. The number of piperidine rings is 1. The van der Waals surface area contributed by atoms with Crippen molar-refractivity contribution in [3.05, 3.63) is 30.0 Å². The number of benzene rings is 1. The average molecular weight is 285 g/mol. The maximum Gasteiger partial charge on any atom is 0.0966 e. The van der Waals surface area contributed by atoms with E-state index < -0.39 is 0 Å². The normalized spacial score (nSPS) is 19.0. The van der Waals surface area contributed by atoms with E-state index in [0.717, 1.165) is 38.2 Å². The van der Waals surface area contributed by atoms with Gasteiger partial charge < -0.3 is 5.73 Å². The second kappa shape index (κ2) is 5.15. The number of amidine groups is 1. The molecule has 0 radical (unpaired) electrons. The van der Waals surface area contributed by atoms with Gasteiger partial charge in [-0.1, -0.05) is 25.1 Å². The zero-order valence-corrected chi connectivity index (χ0v) is 12.8. The molecule has 5 nitrogen and oxygen atoms in total. The number of rotatable bonds is 3. The topological polar surface area (TPSA) is 70.9 Å². The molecule has 1 aliphatic rings. The minimum Gasteiger partial charge on any atom is -0.387 e. The summed E-state index contributed by atoms with van der Waals surface area (Å²) in [6.45, 7) is 4.92. The number of likely N-dealkylation sites (tertiary alicyclic amines) is 1. The van der Waals surface area contributed by atoms with Crippen molar-refractivity contribution in [2.24, 2.45) is 18.2 Å². The van der Waals surface area contributed by atoms with E-state index >= 15 is 0 Å². The van der Waals surface area contributed by atoms with Crippen LogP contribution in [-0.2, 0) is 13.6 Å². The van der Waals surface area contributed by atoms with Gasteiger partial charge >= 0.3 is 0 Å². The first-order valence-electron chi connectivity index (χ1n) is 7.47. The molecule has 1 aromatic heterocycles. The predicted molar refractivity (Wildman–Crippen MR) is 85.2 cm³/mol. The fourth-order valence-corrected chi connectivity index (χ4v) is 3.09. The van der Waals surface area contributed by atoms with Gasteiger partial charge in [-0.25, -0.2) is 0 Å². The quantitative estimate of drug-likeness (QED) is 0.670. The fourth-order valence-electron chi connectivity index (χ4n) is 3.09. The van der Waals surface area contributed by atoms with Crippen LogP contribution in [0.4, 0.5) is 0 Å². The van der Waals surface area contributed by atoms with Crippen molar-refractivity contribution in [1.82, 2.24) is 14.7 Å². The van der Waals surface area contributed by atoms with Crippen molar-refractivity contribution in [1.29, 1.82) is 5.41 Å². The van der Waals surface area contributed by atoms with E-state index in [0.29, 0.717) is 5.84 Å². The van der Waals surface area contributed by atoms with Crippen LogP contribution in [0.1, 0.15) is 25.5 Å². The third-order valence-corrected chi connectivity index (χ3v) is 4.82. The summed E-state index contributed by atoms with van der Waals surface area (Å²) in [4.78, 5) is 2.42. The maximum absolute atomic E-state index is 7.73. The standard InChI is InChI=1S/C16H23N5/c1-16(15(17)18)7-9-21(10-8-16)11-13-12-5-3-4-6-14(12)20(2)19-13/h3-6H,7-11H2,1-2H3,(H3,17,18). The lowest BCUT2D eigenvalue weighted by molar-refractivity contribution is 0.154. The predicted octanol–water partition coefficient (Wildman–Crippen LogP) is 2.11. The van der Waals surface area contributed by atoms with Gasteiger partial charge in [-0.15, -0.1) is 0 Å². The lowest BCUT2D eigenvalue weighted by Crippen LogP contribution is -2.44. The Morgan fingerprint density at radius 2 is 2.00 bits per heavy atom. The van der Waals surface area contributed by atoms with Crippen LogP contribution in [-0.4, -0.2) is 33.6 Å². The Morgan fingerprint density at radius 3 is 2.67 bits per heavy atom. The molecule has 0 atom stereocenters. The van der Waals surface area contributed by atoms with Gasteiger partial charge in [-0.05, 0) is 32.0 Å². The smallest absolute Gasteiger partial charge is 0.0966 e. The monoisotopic (exact) mass is 285 g/mol. The van der Waals surface area contributed by atoms with Gasteiger partial charge in [0, 0.05) is 24.4 Å². The molecule has 21 heavy (non-hydrogen) atoms. The number of aromatic nitrogens is 2. The SMILES string of the molecule is Cn1nc(CN2CCC(C)(C(=N)N)CC2)c2ccccc21. The number of hydrogen-bond donors (Lipinski definition) is 2. The Balaban J connectivity index is 1.74. The summed E-state index contributed by atoms with van der Waals surface area (Å²) >= 11 is 0. The number of fused-ring (bicyclic) bond motifs is 1.